The van der Waals surface area contributed by atoms with Gasteiger partial charge in [-0.1, -0.05) is 43.3 Å². The van der Waals surface area contributed by atoms with Crippen LogP contribution in [0.4, 0.5) is 0 Å². The molecule has 0 aliphatic heterocycles. The summed E-state index contributed by atoms with van der Waals surface area (Å²) in [4.78, 5) is 0. The zero-order chi connectivity index (χ0) is 15.0. The third-order valence-corrected chi connectivity index (χ3v) is 3.14. The van der Waals surface area contributed by atoms with Gasteiger partial charge in [-0.2, -0.15) is 0 Å². The average molecular weight is 300 g/mol. The fourth-order valence-electron chi connectivity index (χ4n) is 1.84. The SMILES string of the molecule is C=COC(c1ccccc1Cl)[C@@H](C)OC(O)NCCC. The highest BCUT2D eigenvalue weighted by atomic mass is 35.5. The second-order valence-electron chi connectivity index (χ2n) is 4.39. The van der Waals surface area contributed by atoms with Gasteiger partial charge in [0.25, 0.3) is 0 Å². The molecule has 0 amide bonds. The van der Waals surface area contributed by atoms with Crippen LogP contribution in [0.3, 0.4) is 0 Å². The number of aliphatic hydroxyl groups excluding tert-OH is 1. The maximum absolute atomic E-state index is 9.74. The van der Waals surface area contributed by atoms with Gasteiger partial charge in [-0.3, -0.25) is 5.32 Å². The van der Waals surface area contributed by atoms with E-state index in [0.717, 1.165) is 12.0 Å². The molecule has 0 heterocycles. The molecule has 0 spiro atoms. The van der Waals surface area contributed by atoms with E-state index in [2.05, 4.69) is 11.9 Å². The maximum Gasteiger partial charge on any atom is 0.213 e. The van der Waals surface area contributed by atoms with Gasteiger partial charge in [0.05, 0.1) is 6.26 Å². The fraction of sp³-hybridized carbons (Fsp3) is 0.467. The Morgan fingerprint density at radius 2 is 2.15 bits per heavy atom. The third-order valence-electron chi connectivity index (χ3n) is 2.79. The van der Waals surface area contributed by atoms with E-state index in [9.17, 15) is 5.11 Å². The number of rotatable bonds is 9. The summed E-state index contributed by atoms with van der Waals surface area (Å²) in [5.41, 5.74) is 0.796. The molecular weight excluding hydrogens is 278 g/mol. The summed E-state index contributed by atoms with van der Waals surface area (Å²) in [5.74, 6) is 0. The molecule has 0 aromatic heterocycles. The van der Waals surface area contributed by atoms with Crippen LogP contribution in [0, 0.1) is 0 Å². The van der Waals surface area contributed by atoms with E-state index >= 15 is 0 Å². The van der Waals surface area contributed by atoms with E-state index in [0.29, 0.717) is 11.6 Å². The Morgan fingerprint density at radius 1 is 1.45 bits per heavy atom. The Kier molecular flexibility index (Phi) is 7.62. The predicted molar refractivity (Wildman–Crippen MR) is 80.3 cm³/mol. The molecule has 1 rings (SSSR count). The quantitative estimate of drug-likeness (QED) is 0.543. The van der Waals surface area contributed by atoms with E-state index in [4.69, 9.17) is 21.1 Å². The maximum atomic E-state index is 9.74. The molecule has 112 valence electrons. The van der Waals surface area contributed by atoms with Crippen LogP contribution in [0.25, 0.3) is 0 Å². The summed E-state index contributed by atoms with van der Waals surface area (Å²) in [6.07, 6.45) is 0.390. The predicted octanol–water partition coefficient (Wildman–Crippen LogP) is 3.22. The Bertz CT molecular complexity index is 414. The molecule has 20 heavy (non-hydrogen) atoms. The summed E-state index contributed by atoms with van der Waals surface area (Å²) in [7, 11) is 0. The van der Waals surface area contributed by atoms with Crippen molar-refractivity contribution < 1.29 is 14.6 Å². The second kappa shape index (κ2) is 8.97. The first kappa shape index (κ1) is 17.0. The van der Waals surface area contributed by atoms with Crippen LogP contribution in [0.15, 0.2) is 37.1 Å². The number of halogens is 1. The molecule has 0 aliphatic rings. The van der Waals surface area contributed by atoms with Crippen LogP contribution in [0.1, 0.15) is 31.9 Å². The van der Waals surface area contributed by atoms with Crippen molar-refractivity contribution in [3.05, 3.63) is 47.7 Å². The van der Waals surface area contributed by atoms with Crippen LogP contribution >= 0.6 is 11.6 Å². The van der Waals surface area contributed by atoms with Crippen molar-refractivity contribution in [2.75, 3.05) is 6.54 Å². The fourth-order valence-corrected chi connectivity index (χ4v) is 2.08. The second-order valence-corrected chi connectivity index (χ2v) is 4.80. The van der Waals surface area contributed by atoms with Crippen LogP contribution in [0.5, 0.6) is 0 Å². The Labute approximate surface area is 125 Å². The molecule has 1 aromatic carbocycles. The Morgan fingerprint density at radius 3 is 2.75 bits per heavy atom. The molecule has 1 aromatic rings. The largest absolute Gasteiger partial charge is 0.491 e. The van der Waals surface area contributed by atoms with Gasteiger partial charge >= 0.3 is 0 Å². The minimum Gasteiger partial charge on any atom is -0.491 e. The summed E-state index contributed by atoms with van der Waals surface area (Å²) in [5, 5.41) is 13.2. The number of ether oxygens (including phenoxy) is 2. The van der Waals surface area contributed by atoms with Gasteiger partial charge in [0.15, 0.2) is 6.10 Å². The highest BCUT2D eigenvalue weighted by Crippen LogP contribution is 2.29. The van der Waals surface area contributed by atoms with Crippen LogP contribution in [-0.2, 0) is 9.47 Å². The molecule has 3 atom stereocenters. The lowest BCUT2D eigenvalue weighted by atomic mass is 10.1. The van der Waals surface area contributed by atoms with Gasteiger partial charge in [-0.05, 0) is 26.0 Å². The lowest BCUT2D eigenvalue weighted by Crippen LogP contribution is -2.37. The summed E-state index contributed by atoms with van der Waals surface area (Å²) in [6, 6.07) is 7.37. The standard InChI is InChI=1S/C15H22ClNO3/c1-4-10-17-15(18)20-11(3)14(19-5-2)12-8-6-7-9-13(12)16/h5-9,11,14-15,17-18H,2,4,10H2,1,3H3/t11-,14?,15?/m1/s1. The molecular formula is C15H22ClNO3. The van der Waals surface area contributed by atoms with Crippen molar-refractivity contribution in [1.82, 2.24) is 5.32 Å². The molecule has 2 unspecified atom stereocenters. The van der Waals surface area contributed by atoms with Gasteiger partial charge in [0, 0.05) is 10.6 Å². The number of nitrogens with one attached hydrogen (secondary N) is 1. The van der Waals surface area contributed by atoms with Crippen molar-refractivity contribution in [1.29, 1.82) is 0 Å². The number of benzene rings is 1. The first-order valence-corrected chi connectivity index (χ1v) is 7.05. The smallest absolute Gasteiger partial charge is 0.213 e. The van der Waals surface area contributed by atoms with Gasteiger partial charge in [0.2, 0.25) is 6.41 Å². The van der Waals surface area contributed by atoms with Crippen LogP contribution in [-0.4, -0.2) is 24.2 Å². The summed E-state index contributed by atoms with van der Waals surface area (Å²) >= 11 is 6.17. The topological polar surface area (TPSA) is 50.7 Å². The molecule has 0 saturated carbocycles. The van der Waals surface area contributed by atoms with E-state index in [1.807, 2.05) is 32.0 Å². The lowest BCUT2D eigenvalue weighted by molar-refractivity contribution is -0.175. The number of hydrogen-bond acceptors (Lipinski definition) is 4. The minimum atomic E-state index is -1.04. The molecule has 0 saturated heterocycles. The van der Waals surface area contributed by atoms with Crippen LogP contribution < -0.4 is 5.32 Å². The highest BCUT2D eigenvalue weighted by Gasteiger charge is 2.25. The average Bonchev–Trinajstić information content (AvgIpc) is 2.43. The highest BCUT2D eigenvalue weighted by molar-refractivity contribution is 6.31. The molecule has 0 fully saturated rings. The summed E-state index contributed by atoms with van der Waals surface area (Å²) < 4.78 is 11.0. The van der Waals surface area contributed by atoms with E-state index < -0.39 is 18.6 Å². The van der Waals surface area contributed by atoms with Crippen LogP contribution in [0.2, 0.25) is 5.02 Å². The molecule has 0 bridgehead atoms. The molecule has 2 N–H and O–H groups in total. The first-order valence-electron chi connectivity index (χ1n) is 6.67. The van der Waals surface area contributed by atoms with Crippen molar-refractivity contribution in [2.24, 2.45) is 0 Å². The normalized spacial score (nSPS) is 15.4. The van der Waals surface area contributed by atoms with Crippen molar-refractivity contribution in [3.8, 4) is 0 Å². The minimum absolute atomic E-state index is 0.396. The van der Waals surface area contributed by atoms with Gasteiger partial charge in [0.1, 0.15) is 6.10 Å². The lowest BCUT2D eigenvalue weighted by Gasteiger charge is -2.27. The molecule has 0 radical (unpaired) electrons. The van der Waals surface area contributed by atoms with Gasteiger partial charge < -0.3 is 14.6 Å². The summed E-state index contributed by atoms with van der Waals surface area (Å²) in [6.45, 7) is 8.07. The van der Waals surface area contributed by atoms with Gasteiger partial charge in [-0.15, -0.1) is 0 Å². The van der Waals surface area contributed by atoms with Crippen molar-refractivity contribution in [3.63, 3.8) is 0 Å². The third kappa shape index (κ3) is 5.13. The number of aliphatic hydroxyl groups is 1. The number of hydrogen-bond donors (Lipinski definition) is 2. The monoisotopic (exact) mass is 299 g/mol. The molecule has 4 nitrogen and oxygen atoms in total. The van der Waals surface area contributed by atoms with Crippen molar-refractivity contribution in [2.45, 2.75) is 38.9 Å². The zero-order valence-corrected chi connectivity index (χ0v) is 12.6. The Hall–Kier alpha value is -1.07. The van der Waals surface area contributed by atoms with E-state index in [1.54, 1.807) is 6.07 Å². The van der Waals surface area contributed by atoms with E-state index in [-0.39, 0.29) is 0 Å². The van der Waals surface area contributed by atoms with Crippen molar-refractivity contribution >= 4 is 11.6 Å². The zero-order valence-electron chi connectivity index (χ0n) is 11.9. The Balaban J connectivity index is 2.75. The molecule has 5 heteroatoms. The van der Waals surface area contributed by atoms with Gasteiger partial charge in [-0.25, -0.2) is 0 Å². The first-order chi connectivity index (χ1) is 9.60. The molecule has 0 aliphatic carbocycles. The van der Waals surface area contributed by atoms with E-state index in [1.165, 1.54) is 6.26 Å².